The fourth-order valence-corrected chi connectivity index (χ4v) is 5.06. The molecule has 2 aromatic heterocycles. The topological polar surface area (TPSA) is 38.2 Å². The van der Waals surface area contributed by atoms with E-state index in [-0.39, 0.29) is 10.8 Å². The largest absolute Gasteiger partial charge is 0.468 e. The van der Waals surface area contributed by atoms with Gasteiger partial charge in [0.1, 0.15) is 5.76 Å². The normalized spacial score (nSPS) is 18.0. The molecule has 1 atom stereocenters. The second kappa shape index (κ2) is 7.92. The summed E-state index contributed by atoms with van der Waals surface area (Å²) in [5, 5.41) is 1.30. The Balaban J connectivity index is 1.54. The quantitative estimate of drug-likeness (QED) is 0.457. The maximum Gasteiger partial charge on any atom is 0.109 e. The van der Waals surface area contributed by atoms with E-state index >= 15 is 0 Å². The van der Waals surface area contributed by atoms with Crippen LogP contribution < -0.4 is 0 Å². The minimum atomic E-state index is -0.0584. The number of aromatic amines is 1. The maximum absolute atomic E-state index is 6.12. The van der Waals surface area contributed by atoms with Crippen molar-refractivity contribution in [2.24, 2.45) is 11.3 Å². The Kier molecular flexibility index (Phi) is 5.61. The average Bonchev–Trinajstić information content (AvgIpc) is 3.41. The summed E-state index contributed by atoms with van der Waals surface area (Å²) in [7, 11) is 0. The van der Waals surface area contributed by atoms with E-state index in [0.717, 1.165) is 31.8 Å². The van der Waals surface area contributed by atoms with Crippen LogP contribution in [-0.2, 0) is 23.0 Å². The van der Waals surface area contributed by atoms with Gasteiger partial charge in [0, 0.05) is 30.3 Å². The Bertz CT molecular complexity index is 999. The summed E-state index contributed by atoms with van der Waals surface area (Å²) >= 11 is 0. The molecule has 3 nitrogen and oxygen atoms in total. The third-order valence-electron chi connectivity index (χ3n) is 7.03. The lowest BCUT2D eigenvalue weighted by Gasteiger charge is -2.30. The number of aromatic nitrogens is 1. The van der Waals surface area contributed by atoms with Crippen molar-refractivity contribution in [1.82, 2.24) is 4.98 Å². The molecule has 3 heterocycles. The van der Waals surface area contributed by atoms with Crippen LogP contribution >= 0.6 is 0 Å². The molecule has 162 valence electrons. The minimum Gasteiger partial charge on any atom is -0.468 e. The van der Waals surface area contributed by atoms with Gasteiger partial charge in [-0.25, -0.2) is 0 Å². The van der Waals surface area contributed by atoms with E-state index in [1.165, 1.54) is 34.0 Å². The molecule has 3 aromatic rings. The van der Waals surface area contributed by atoms with Gasteiger partial charge in [0.05, 0.1) is 6.26 Å². The van der Waals surface area contributed by atoms with Crippen LogP contribution in [0, 0.1) is 11.3 Å². The van der Waals surface area contributed by atoms with Crippen LogP contribution in [0.5, 0.6) is 0 Å². The van der Waals surface area contributed by atoms with Gasteiger partial charge in [-0.2, -0.15) is 0 Å². The van der Waals surface area contributed by atoms with Gasteiger partial charge in [0.25, 0.3) is 0 Å². The van der Waals surface area contributed by atoms with Gasteiger partial charge in [-0.1, -0.05) is 47.6 Å². The predicted molar refractivity (Wildman–Crippen MR) is 124 cm³/mol. The summed E-state index contributed by atoms with van der Waals surface area (Å²) in [5.74, 6) is 2.20. The molecule has 4 rings (SSSR count). The number of benzene rings is 1. The van der Waals surface area contributed by atoms with Crippen molar-refractivity contribution in [1.29, 1.82) is 0 Å². The number of ether oxygens (including phenoxy) is 1. The maximum atomic E-state index is 6.12. The second-order valence-corrected chi connectivity index (χ2v) is 10.9. The van der Waals surface area contributed by atoms with Gasteiger partial charge in [-0.3, -0.25) is 0 Å². The molecule has 1 aliphatic rings. The first-order chi connectivity index (χ1) is 14.2. The van der Waals surface area contributed by atoms with Gasteiger partial charge in [0.2, 0.25) is 0 Å². The number of H-pyrrole nitrogens is 1. The Morgan fingerprint density at radius 2 is 1.87 bits per heavy atom. The highest BCUT2D eigenvalue weighted by atomic mass is 16.5. The monoisotopic (exact) mass is 407 g/mol. The molecule has 0 bridgehead atoms. The van der Waals surface area contributed by atoms with Gasteiger partial charge >= 0.3 is 0 Å². The van der Waals surface area contributed by atoms with Gasteiger partial charge < -0.3 is 14.1 Å². The standard InChI is InChI=1S/C27H37NO2/c1-18(2)23-12-19(11-21-7-9-28-25(21)23)14-27(5,6)24-13-20(16-30-24)15-26(3,4)22-8-10-29-17-22/h7,9,11-13,16,18,22,28H,8,10,14-15,17H2,1-6H3. The highest BCUT2D eigenvalue weighted by Gasteiger charge is 2.34. The number of hydrogen-bond acceptors (Lipinski definition) is 2. The summed E-state index contributed by atoms with van der Waals surface area (Å²) in [4.78, 5) is 3.41. The minimum absolute atomic E-state index is 0.0584. The molecule has 1 saturated heterocycles. The second-order valence-electron chi connectivity index (χ2n) is 10.9. The number of rotatable bonds is 7. The summed E-state index contributed by atoms with van der Waals surface area (Å²) in [6, 6.07) is 9.16. The molecule has 30 heavy (non-hydrogen) atoms. The van der Waals surface area contributed by atoms with Crippen molar-refractivity contribution in [2.75, 3.05) is 13.2 Å². The summed E-state index contributed by atoms with van der Waals surface area (Å²) < 4.78 is 11.8. The first kappa shape index (κ1) is 21.2. The van der Waals surface area contributed by atoms with Crippen molar-refractivity contribution in [3.05, 3.63) is 59.2 Å². The van der Waals surface area contributed by atoms with Crippen LogP contribution in [0.25, 0.3) is 10.9 Å². The molecule has 3 heteroatoms. The fraction of sp³-hybridized carbons (Fsp3) is 0.556. The molecule has 1 fully saturated rings. The highest BCUT2D eigenvalue weighted by Crippen LogP contribution is 2.38. The Hall–Kier alpha value is -2.00. The van der Waals surface area contributed by atoms with Crippen LogP contribution in [0.2, 0.25) is 0 Å². The third kappa shape index (κ3) is 4.23. The zero-order valence-electron chi connectivity index (χ0n) is 19.5. The van der Waals surface area contributed by atoms with Gasteiger partial charge in [-0.15, -0.1) is 0 Å². The smallest absolute Gasteiger partial charge is 0.109 e. The number of furan rings is 1. The molecule has 0 spiro atoms. The molecule has 0 radical (unpaired) electrons. The van der Waals surface area contributed by atoms with Gasteiger partial charge in [-0.05, 0) is 76.8 Å². The van der Waals surface area contributed by atoms with Crippen LogP contribution in [0.3, 0.4) is 0 Å². The van der Waals surface area contributed by atoms with Gasteiger partial charge in [0.15, 0.2) is 0 Å². The van der Waals surface area contributed by atoms with E-state index in [4.69, 9.17) is 9.15 Å². The molecule has 0 saturated carbocycles. The Morgan fingerprint density at radius 1 is 1.07 bits per heavy atom. The Morgan fingerprint density at radius 3 is 2.57 bits per heavy atom. The van der Waals surface area contributed by atoms with Crippen molar-refractivity contribution >= 4 is 10.9 Å². The molecule has 1 N–H and O–H groups in total. The molecular formula is C27H37NO2. The van der Waals surface area contributed by atoms with Crippen molar-refractivity contribution in [2.45, 2.75) is 72.1 Å². The van der Waals surface area contributed by atoms with Crippen molar-refractivity contribution < 1.29 is 9.15 Å². The predicted octanol–water partition coefficient (Wildman–Crippen LogP) is 7.01. The van der Waals surface area contributed by atoms with Crippen molar-refractivity contribution in [3.63, 3.8) is 0 Å². The highest BCUT2D eigenvalue weighted by molar-refractivity contribution is 5.84. The molecule has 0 amide bonds. The SMILES string of the molecule is CC(C)c1cc(CC(C)(C)c2cc(CC(C)(C)C3CCOC3)co2)cc2cc[nH]c12. The van der Waals surface area contributed by atoms with E-state index < -0.39 is 0 Å². The lowest BCUT2D eigenvalue weighted by molar-refractivity contribution is 0.142. The summed E-state index contributed by atoms with van der Waals surface area (Å²) in [6.45, 7) is 15.6. The average molecular weight is 408 g/mol. The van der Waals surface area contributed by atoms with E-state index in [1.807, 2.05) is 12.5 Å². The van der Waals surface area contributed by atoms with Crippen LogP contribution in [0.15, 0.2) is 41.1 Å². The first-order valence-electron chi connectivity index (χ1n) is 11.4. The van der Waals surface area contributed by atoms with Crippen LogP contribution in [0.4, 0.5) is 0 Å². The molecule has 0 aliphatic carbocycles. The van der Waals surface area contributed by atoms with E-state index in [9.17, 15) is 0 Å². The lowest BCUT2D eigenvalue weighted by Crippen LogP contribution is -2.26. The third-order valence-corrected chi connectivity index (χ3v) is 7.03. The first-order valence-corrected chi connectivity index (χ1v) is 11.4. The number of nitrogens with one attached hydrogen (secondary N) is 1. The molecule has 1 aromatic carbocycles. The van der Waals surface area contributed by atoms with Crippen LogP contribution in [0.1, 0.15) is 76.3 Å². The lowest BCUT2D eigenvalue weighted by atomic mass is 9.74. The zero-order valence-corrected chi connectivity index (χ0v) is 19.5. The summed E-state index contributed by atoms with van der Waals surface area (Å²) in [6.07, 6.45) is 7.18. The number of fused-ring (bicyclic) bond motifs is 1. The van der Waals surface area contributed by atoms with Crippen molar-refractivity contribution in [3.8, 4) is 0 Å². The van der Waals surface area contributed by atoms with E-state index in [2.05, 4.69) is 70.8 Å². The number of hydrogen-bond donors (Lipinski definition) is 1. The zero-order chi connectivity index (χ0) is 21.5. The van der Waals surface area contributed by atoms with E-state index in [1.54, 1.807) is 0 Å². The fourth-order valence-electron chi connectivity index (χ4n) is 5.06. The molecular weight excluding hydrogens is 370 g/mol. The molecule has 1 aliphatic heterocycles. The van der Waals surface area contributed by atoms with E-state index in [0.29, 0.717) is 11.8 Å². The van der Waals surface area contributed by atoms with Crippen LogP contribution in [-0.4, -0.2) is 18.2 Å². The summed E-state index contributed by atoms with van der Waals surface area (Å²) in [5.41, 5.74) is 5.51. The Labute approximate surface area is 181 Å². The molecule has 1 unspecified atom stereocenters.